The van der Waals surface area contributed by atoms with Gasteiger partial charge in [0, 0.05) is 5.56 Å². The van der Waals surface area contributed by atoms with Gasteiger partial charge in [0.15, 0.2) is 0 Å². The molecule has 0 aliphatic heterocycles. The first-order chi connectivity index (χ1) is 8.99. The van der Waals surface area contributed by atoms with Crippen LogP contribution in [0.2, 0.25) is 10.0 Å². The Hall–Kier alpha value is -1.58. The van der Waals surface area contributed by atoms with E-state index in [9.17, 15) is 9.18 Å². The maximum atomic E-state index is 13.2. The molecule has 0 saturated carbocycles. The van der Waals surface area contributed by atoms with Crippen molar-refractivity contribution in [2.75, 3.05) is 0 Å². The molecule has 0 aliphatic carbocycles. The van der Waals surface area contributed by atoms with Crippen LogP contribution >= 0.6 is 23.2 Å². The number of hydrogen-bond acceptors (Lipinski definition) is 1. The molecule has 19 heavy (non-hydrogen) atoms. The topological polar surface area (TPSA) is 37.3 Å². The number of halogens is 3. The van der Waals surface area contributed by atoms with E-state index in [-0.39, 0.29) is 6.42 Å². The van der Waals surface area contributed by atoms with E-state index in [0.717, 1.165) is 0 Å². The molecular formula is C14H9Cl2FO2. The fourth-order valence-electron chi connectivity index (χ4n) is 1.85. The third kappa shape index (κ3) is 3.06. The molecule has 0 fully saturated rings. The third-order valence-electron chi connectivity index (χ3n) is 2.65. The highest BCUT2D eigenvalue weighted by atomic mass is 35.5. The Morgan fingerprint density at radius 1 is 1.16 bits per heavy atom. The Bertz CT molecular complexity index is 641. The average molecular weight is 299 g/mol. The monoisotopic (exact) mass is 298 g/mol. The van der Waals surface area contributed by atoms with Crippen LogP contribution in [0.25, 0.3) is 11.1 Å². The van der Waals surface area contributed by atoms with Crippen molar-refractivity contribution in [3.63, 3.8) is 0 Å². The van der Waals surface area contributed by atoms with Gasteiger partial charge in [-0.1, -0.05) is 41.4 Å². The van der Waals surface area contributed by atoms with Gasteiger partial charge >= 0.3 is 5.97 Å². The van der Waals surface area contributed by atoms with E-state index in [1.165, 1.54) is 18.2 Å². The lowest BCUT2D eigenvalue weighted by Gasteiger charge is -2.11. The quantitative estimate of drug-likeness (QED) is 0.910. The predicted molar refractivity (Wildman–Crippen MR) is 73.2 cm³/mol. The molecule has 0 saturated heterocycles. The van der Waals surface area contributed by atoms with Crippen LogP contribution in [-0.4, -0.2) is 11.1 Å². The third-order valence-corrected chi connectivity index (χ3v) is 3.47. The summed E-state index contributed by atoms with van der Waals surface area (Å²) in [6.45, 7) is 0. The van der Waals surface area contributed by atoms with Gasteiger partial charge in [-0.05, 0) is 29.3 Å². The molecule has 5 heteroatoms. The highest BCUT2D eigenvalue weighted by Crippen LogP contribution is 2.35. The van der Waals surface area contributed by atoms with E-state index < -0.39 is 11.8 Å². The summed E-state index contributed by atoms with van der Waals surface area (Å²) in [4.78, 5) is 10.8. The van der Waals surface area contributed by atoms with E-state index in [1.807, 2.05) is 0 Å². The molecule has 0 amide bonds. The number of benzene rings is 2. The van der Waals surface area contributed by atoms with Crippen LogP contribution in [-0.2, 0) is 11.2 Å². The Balaban J connectivity index is 2.61. The summed E-state index contributed by atoms with van der Waals surface area (Å²) in [7, 11) is 0. The molecule has 0 aromatic heterocycles. The second-order valence-electron chi connectivity index (χ2n) is 3.97. The van der Waals surface area contributed by atoms with E-state index in [0.29, 0.717) is 26.7 Å². The van der Waals surface area contributed by atoms with Crippen molar-refractivity contribution in [3.8, 4) is 11.1 Å². The lowest BCUT2D eigenvalue weighted by molar-refractivity contribution is -0.136. The summed E-state index contributed by atoms with van der Waals surface area (Å²) in [5.41, 5.74) is 1.51. The summed E-state index contributed by atoms with van der Waals surface area (Å²) in [5, 5.41) is 9.56. The van der Waals surface area contributed by atoms with Crippen LogP contribution in [0.15, 0.2) is 36.4 Å². The lowest BCUT2D eigenvalue weighted by Crippen LogP contribution is -2.02. The Morgan fingerprint density at radius 2 is 1.89 bits per heavy atom. The van der Waals surface area contributed by atoms with Gasteiger partial charge in [0.25, 0.3) is 0 Å². The average Bonchev–Trinajstić information content (AvgIpc) is 2.33. The number of hydrogen-bond donors (Lipinski definition) is 1. The molecule has 1 N–H and O–H groups in total. The molecule has 0 atom stereocenters. The fraction of sp³-hybridized carbons (Fsp3) is 0.0714. The Morgan fingerprint density at radius 3 is 2.58 bits per heavy atom. The number of aliphatic carboxylic acids is 1. The fourth-order valence-corrected chi connectivity index (χ4v) is 2.25. The number of carboxylic acids is 1. The zero-order valence-corrected chi connectivity index (χ0v) is 11.2. The summed E-state index contributed by atoms with van der Waals surface area (Å²) in [6.07, 6.45) is -0.282. The summed E-state index contributed by atoms with van der Waals surface area (Å²) < 4.78 is 13.2. The van der Waals surface area contributed by atoms with Gasteiger partial charge in [0.2, 0.25) is 0 Å². The first kappa shape index (κ1) is 13.8. The van der Waals surface area contributed by atoms with Crippen LogP contribution in [0.4, 0.5) is 4.39 Å². The highest BCUT2D eigenvalue weighted by molar-refractivity contribution is 6.43. The van der Waals surface area contributed by atoms with Crippen molar-refractivity contribution < 1.29 is 14.3 Å². The first-order valence-corrected chi connectivity index (χ1v) is 6.19. The number of carboxylic acid groups (broad SMARTS) is 1. The zero-order valence-electron chi connectivity index (χ0n) is 9.66. The summed E-state index contributed by atoms with van der Waals surface area (Å²) in [6, 6.07) is 9.02. The minimum atomic E-state index is -1.04. The minimum absolute atomic E-state index is 0.282. The molecule has 0 radical (unpaired) electrons. The summed E-state index contributed by atoms with van der Waals surface area (Å²) in [5.74, 6) is -1.52. The molecule has 2 aromatic carbocycles. The van der Waals surface area contributed by atoms with Gasteiger partial charge in [-0.3, -0.25) is 4.79 Å². The standard InChI is InChI=1S/C14H9Cl2FO2/c15-12-3-1-2-11(14(12)16)10-5-4-9(17)6-8(10)7-13(18)19/h1-6H,7H2,(H,18,19). The normalized spacial score (nSPS) is 10.5. The highest BCUT2D eigenvalue weighted by Gasteiger charge is 2.13. The van der Waals surface area contributed by atoms with Gasteiger partial charge < -0.3 is 5.11 Å². The van der Waals surface area contributed by atoms with Crippen LogP contribution < -0.4 is 0 Å². The Kier molecular flexibility index (Phi) is 4.08. The van der Waals surface area contributed by atoms with Crippen LogP contribution in [0, 0.1) is 5.82 Å². The smallest absolute Gasteiger partial charge is 0.307 e. The van der Waals surface area contributed by atoms with Gasteiger partial charge in [-0.2, -0.15) is 0 Å². The van der Waals surface area contributed by atoms with E-state index in [2.05, 4.69) is 0 Å². The van der Waals surface area contributed by atoms with E-state index >= 15 is 0 Å². The van der Waals surface area contributed by atoms with Crippen LogP contribution in [0.3, 0.4) is 0 Å². The molecule has 0 aliphatic rings. The van der Waals surface area contributed by atoms with Gasteiger partial charge in [0.05, 0.1) is 16.5 Å². The minimum Gasteiger partial charge on any atom is -0.481 e. The van der Waals surface area contributed by atoms with Crippen molar-refractivity contribution in [2.24, 2.45) is 0 Å². The van der Waals surface area contributed by atoms with E-state index in [4.69, 9.17) is 28.3 Å². The SMILES string of the molecule is O=C(O)Cc1cc(F)ccc1-c1cccc(Cl)c1Cl. The van der Waals surface area contributed by atoms with Crippen molar-refractivity contribution in [3.05, 3.63) is 57.8 Å². The molecule has 98 valence electrons. The number of carbonyl (C=O) groups is 1. The predicted octanol–water partition coefficient (Wildman–Crippen LogP) is 4.43. The molecule has 2 rings (SSSR count). The molecule has 0 unspecified atom stereocenters. The van der Waals surface area contributed by atoms with Crippen molar-refractivity contribution in [1.29, 1.82) is 0 Å². The maximum absolute atomic E-state index is 13.2. The summed E-state index contributed by atoms with van der Waals surface area (Å²) >= 11 is 12.0. The van der Waals surface area contributed by atoms with Gasteiger partial charge in [0.1, 0.15) is 5.82 Å². The zero-order chi connectivity index (χ0) is 14.0. The van der Waals surface area contributed by atoms with Crippen molar-refractivity contribution in [1.82, 2.24) is 0 Å². The van der Waals surface area contributed by atoms with E-state index in [1.54, 1.807) is 18.2 Å². The largest absolute Gasteiger partial charge is 0.481 e. The molecular weight excluding hydrogens is 290 g/mol. The Labute approximate surface area is 119 Å². The van der Waals surface area contributed by atoms with Crippen molar-refractivity contribution >= 4 is 29.2 Å². The second-order valence-corrected chi connectivity index (χ2v) is 4.76. The number of rotatable bonds is 3. The second kappa shape index (κ2) is 5.59. The van der Waals surface area contributed by atoms with Crippen molar-refractivity contribution in [2.45, 2.75) is 6.42 Å². The maximum Gasteiger partial charge on any atom is 0.307 e. The van der Waals surface area contributed by atoms with Crippen LogP contribution in [0.1, 0.15) is 5.56 Å². The molecule has 0 bridgehead atoms. The van der Waals surface area contributed by atoms with Gasteiger partial charge in [-0.25, -0.2) is 4.39 Å². The molecule has 2 nitrogen and oxygen atoms in total. The molecule has 2 aromatic rings. The lowest BCUT2D eigenvalue weighted by atomic mass is 9.97. The van der Waals surface area contributed by atoms with Crippen LogP contribution in [0.5, 0.6) is 0 Å². The first-order valence-electron chi connectivity index (χ1n) is 5.43. The molecule has 0 heterocycles. The molecule has 0 spiro atoms. The van der Waals surface area contributed by atoms with Gasteiger partial charge in [-0.15, -0.1) is 0 Å².